The van der Waals surface area contributed by atoms with E-state index in [1.807, 2.05) is 49.4 Å². The van der Waals surface area contributed by atoms with Crippen molar-refractivity contribution in [2.75, 3.05) is 30.7 Å². The fraction of sp³-hybridized carbons (Fsp3) is 0.562. The molecule has 6 rings (SSSR count). The van der Waals surface area contributed by atoms with Crippen molar-refractivity contribution in [3.8, 4) is 0 Å². The van der Waals surface area contributed by atoms with Crippen molar-refractivity contribution in [1.29, 1.82) is 0 Å². The zero-order valence-electron chi connectivity index (χ0n) is 24.0. The zero-order chi connectivity index (χ0) is 28.5. The Kier molecular flexibility index (Phi) is 8.27. The van der Waals surface area contributed by atoms with Crippen LogP contribution in [0.5, 0.6) is 0 Å². The first-order valence-corrected chi connectivity index (χ1v) is 16.6. The van der Waals surface area contributed by atoms with Gasteiger partial charge >= 0.3 is 0 Å². The lowest BCUT2D eigenvalue weighted by Gasteiger charge is -2.57. The molecule has 4 bridgehead atoms. The lowest BCUT2D eigenvalue weighted by molar-refractivity contribution is -0.139. The van der Waals surface area contributed by atoms with Crippen molar-refractivity contribution in [1.82, 2.24) is 10.2 Å². The molecule has 0 heterocycles. The number of rotatable bonds is 11. The molecule has 0 unspecified atom stereocenters. The average Bonchev–Trinajstić information content (AvgIpc) is 2.93. The van der Waals surface area contributed by atoms with E-state index in [-0.39, 0.29) is 23.8 Å². The molecular formula is C32H43N3O4S. The molecule has 7 nitrogen and oxygen atoms in total. The molecule has 0 aliphatic heterocycles. The van der Waals surface area contributed by atoms with Gasteiger partial charge in [0.05, 0.1) is 11.9 Å². The minimum absolute atomic E-state index is 0.217. The third-order valence-electron chi connectivity index (χ3n) is 9.60. The molecule has 0 saturated heterocycles. The summed E-state index contributed by atoms with van der Waals surface area (Å²) in [6.07, 6.45) is 9.96. The summed E-state index contributed by atoms with van der Waals surface area (Å²) in [5.41, 5.74) is 3.06. The van der Waals surface area contributed by atoms with Crippen LogP contribution in [0.1, 0.15) is 63.0 Å². The second kappa shape index (κ2) is 11.6. The van der Waals surface area contributed by atoms with Gasteiger partial charge in [-0.15, -0.1) is 0 Å². The molecule has 0 radical (unpaired) electrons. The highest BCUT2D eigenvalue weighted by atomic mass is 32.2. The molecular weight excluding hydrogens is 522 g/mol. The Balaban J connectivity index is 1.37. The number of hydrogen-bond acceptors (Lipinski definition) is 4. The second-order valence-electron chi connectivity index (χ2n) is 12.4. The fourth-order valence-electron chi connectivity index (χ4n) is 8.12. The minimum Gasteiger partial charge on any atom is -0.357 e. The predicted octanol–water partition coefficient (Wildman–Crippen LogP) is 4.52. The topological polar surface area (TPSA) is 86.8 Å². The quantitative estimate of drug-likeness (QED) is 0.434. The number of hydrogen-bond donors (Lipinski definition) is 1. The van der Waals surface area contributed by atoms with Crippen LogP contribution in [0.3, 0.4) is 0 Å². The summed E-state index contributed by atoms with van der Waals surface area (Å²) in [5, 5.41) is 2.66. The first-order valence-electron chi connectivity index (χ1n) is 14.7. The SMILES string of the molecule is CC[C@H](C(=O)NC)N(CCc1ccccc1)C(=O)CN(c1ccc(C23CC4CC(CC(C4)C2)C3)cc1)S(C)(=O)=O. The Bertz CT molecular complexity index is 1270. The smallest absolute Gasteiger partial charge is 0.244 e. The van der Waals surface area contributed by atoms with Crippen LogP contribution in [0.2, 0.25) is 0 Å². The predicted molar refractivity (Wildman–Crippen MR) is 158 cm³/mol. The number of nitrogens with zero attached hydrogens (tertiary/aromatic N) is 2. The van der Waals surface area contributed by atoms with Gasteiger partial charge in [0.15, 0.2) is 0 Å². The summed E-state index contributed by atoms with van der Waals surface area (Å²) >= 11 is 0. The van der Waals surface area contributed by atoms with Crippen LogP contribution in [-0.4, -0.2) is 57.6 Å². The number of sulfonamides is 1. The van der Waals surface area contributed by atoms with Gasteiger partial charge in [0.1, 0.15) is 12.6 Å². The highest BCUT2D eigenvalue weighted by Gasteiger charge is 2.51. The third-order valence-corrected chi connectivity index (χ3v) is 10.7. The molecule has 4 fully saturated rings. The Morgan fingerprint density at radius 3 is 2.02 bits per heavy atom. The van der Waals surface area contributed by atoms with E-state index in [1.165, 1.54) is 53.3 Å². The van der Waals surface area contributed by atoms with Gasteiger partial charge in [0.25, 0.3) is 0 Å². The normalized spacial score (nSPS) is 25.8. The molecule has 2 aromatic carbocycles. The highest BCUT2D eigenvalue weighted by molar-refractivity contribution is 7.92. The van der Waals surface area contributed by atoms with E-state index >= 15 is 0 Å². The lowest BCUT2D eigenvalue weighted by Crippen LogP contribution is -2.52. The van der Waals surface area contributed by atoms with Crippen molar-refractivity contribution in [3.63, 3.8) is 0 Å². The van der Waals surface area contributed by atoms with Crippen LogP contribution in [0.15, 0.2) is 54.6 Å². The molecule has 4 aliphatic rings. The van der Waals surface area contributed by atoms with Crippen molar-refractivity contribution in [3.05, 3.63) is 65.7 Å². The molecule has 216 valence electrons. The molecule has 0 spiro atoms. The van der Waals surface area contributed by atoms with Gasteiger partial charge in [-0.3, -0.25) is 13.9 Å². The van der Waals surface area contributed by atoms with Gasteiger partial charge in [-0.05, 0) is 97.8 Å². The number of nitrogens with one attached hydrogen (secondary N) is 1. The maximum Gasteiger partial charge on any atom is 0.244 e. The van der Waals surface area contributed by atoms with Crippen LogP contribution in [-0.2, 0) is 31.4 Å². The Morgan fingerprint density at radius 2 is 1.52 bits per heavy atom. The summed E-state index contributed by atoms with van der Waals surface area (Å²) in [4.78, 5) is 28.0. The molecule has 1 N–H and O–H groups in total. The van der Waals surface area contributed by atoms with E-state index in [0.717, 1.165) is 29.6 Å². The maximum atomic E-state index is 13.8. The van der Waals surface area contributed by atoms with Gasteiger partial charge in [-0.25, -0.2) is 8.42 Å². The van der Waals surface area contributed by atoms with Gasteiger partial charge < -0.3 is 10.2 Å². The first kappa shape index (κ1) is 28.7. The van der Waals surface area contributed by atoms with E-state index in [0.29, 0.717) is 25.1 Å². The molecule has 4 aliphatic carbocycles. The third kappa shape index (κ3) is 5.92. The van der Waals surface area contributed by atoms with E-state index in [2.05, 4.69) is 17.4 Å². The number of anilines is 1. The zero-order valence-corrected chi connectivity index (χ0v) is 24.8. The highest BCUT2D eigenvalue weighted by Crippen LogP contribution is 2.60. The molecule has 0 aromatic heterocycles. The van der Waals surface area contributed by atoms with Crippen molar-refractivity contribution in [2.24, 2.45) is 17.8 Å². The average molecular weight is 566 g/mol. The molecule has 8 heteroatoms. The Labute approximate surface area is 239 Å². The van der Waals surface area contributed by atoms with Crippen LogP contribution < -0.4 is 9.62 Å². The standard InChI is InChI=1S/C32H43N3O4S/c1-4-29(31(37)33-2)34(15-14-23-8-6-5-7-9-23)30(36)22-35(40(3,38)39)28-12-10-27(11-13-28)32-19-24-16-25(20-32)18-26(17-24)21-32/h5-13,24-26,29H,4,14-22H2,1-3H3,(H,33,37)/t24?,25?,26?,29-,32?/m1/s1. The number of amides is 2. The van der Waals surface area contributed by atoms with Crippen molar-refractivity contribution >= 4 is 27.5 Å². The van der Waals surface area contributed by atoms with Crippen LogP contribution in [0.4, 0.5) is 5.69 Å². The monoisotopic (exact) mass is 565 g/mol. The van der Waals surface area contributed by atoms with Crippen LogP contribution >= 0.6 is 0 Å². The molecule has 1 atom stereocenters. The first-order chi connectivity index (χ1) is 19.1. The maximum absolute atomic E-state index is 13.8. The molecule has 40 heavy (non-hydrogen) atoms. The van der Waals surface area contributed by atoms with Gasteiger partial charge in [0.2, 0.25) is 21.8 Å². The van der Waals surface area contributed by atoms with Crippen molar-refractivity contribution < 1.29 is 18.0 Å². The summed E-state index contributed by atoms with van der Waals surface area (Å²) in [6.45, 7) is 1.83. The van der Waals surface area contributed by atoms with E-state index in [4.69, 9.17) is 0 Å². The molecule has 2 aromatic rings. The summed E-state index contributed by atoms with van der Waals surface area (Å²) < 4.78 is 27.1. The van der Waals surface area contributed by atoms with Gasteiger partial charge in [-0.1, -0.05) is 49.4 Å². The number of benzene rings is 2. The van der Waals surface area contributed by atoms with Gasteiger partial charge in [0, 0.05) is 13.6 Å². The summed E-state index contributed by atoms with van der Waals surface area (Å²) in [5.74, 6) is 1.83. The largest absolute Gasteiger partial charge is 0.357 e. The number of carbonyl (C=O) groups is 2. The van der Waals surface area contributed by atoms with Crippen LogP contribution in [0, 0.1) is 17.8 Å². The van der Waals surface area contributed by atoms with E-state index in [9.17, 15) is 18.0 Å². The molecule has 4 saturated carbocycles. The van der Waals surface area contributed by atoms with Crippen LogP contribution in [0.25, 0.3) is 0 Å². The summed E-state index contributed by atoms with van der Waals surface area (Å²) in [6, 6.07) is 17.0. The second-order valence-corrected chi connectivity index (χ2v) is 14.3. The summed E-state index contributed by atoms with van der Waals surface area (Å²) in [7, 11) is -2.19. The van der Waals surface area contributed by atoms with E-state index in [1.54, 1.807) is 7.05 Å². The minimum atomic E-state index is -3.74. The number of likely N-dealkylation sites (N-methyl/N-ethyl adjacent to an activating group) is 1. The van der Waals surface area contributed by atoms with Crippen molar-refractivity contribution in [2.45, 2.75) is 69.7 Å². The Morgan fingerprint density at radius 1 is 0.950 bits per heavy atom. The Hall–Kier alpha value is -2.87. The lowest BCUT2D eigenvalue weighted by atomic mass is 9.48. The fourth-order valence-corrected chi connectivity index (χ4v) is 8.97. The molecule has 2 amide bonds. The van der Waals surface area contributed by atoms with E-state index < -0.39 is 16.1 Å². The van der Waals surface area contributed by atoms with Gasteiger partial charge in [-0.2, -0.15) is 0 Å². The number of carbonyl (C=O) groups excluding carboxylic acids is 2.